The lowest BCUT2D eigenvalue weighted by atomic mass is 10.3. The molecule has 114 valence electrons. The average Bonchev–Trinajstić information content (AvgIpc) is 3.05. The van der Waals surface area contributed by atoms with Crippen LogP contribution >= 0.6 is 11.3 Å². The van der Waals surface area contributed by atoms with Gasteiger partial charge in [-0.3, -0.25) is 14.7 Å². The number of fused-ring (bicyclic) bond motifs is 1. The molecular formula is C12H8F2N4O3S. The molecule has 0 saturated carbocycles. The standard InChI is InChI=1S/C12H8F2N4O3S/c13-9(14)10-16-17-11(22-10)15-8(19)5-18-6-3-1-2-4-7(6)21-12(18)20/h1-4,9H,5H2,(H,15,17,19). The summed E-state index contributed by atoms with van der Waals surface area (Å²) >= 11 is 0.575. The second-order valence-corrected chi connectivity index (χ2v) is 5.23. The van der Waals surface area contributed by atoms with Crippen molar-refractivity contribution in [1.82, 2.24) is 14.8 Å². The van der Waals surface area contributed by atoms with Gasteiger partial charge in [0.25, 0.3) is 6.43 Å². The summed E-state index contributed by atoms with van der Waals surface area (Å²) in [6, 6.07) is 6.63. The van der Waals surface area contributed by atoms with Crippen LogP contribution in [0.5, 0.6) is 0 Å². The highest BCUT2D eigenvalue weighted by Crippen LogP contribution is 2.25. The molecule has 1 amide bonds. The van der Waals surface area contributed by atoms with Crippen LogP contribution in [0.3, 0.4) is 0 Å². The summed E-state index contributed by atoms with van der Waals surface area (Å²) in [5.74, 6) is -1.27. The molecule has 0 aliphatic rings. The van der Waals surface area contributed by atoms with Crippen molar-refractivity contribution in [2.75, 3.05) is 5.32 Å². The Bertz CT molecular complexity index is 886. The number of aromatic nitrogens is 3. The first-order valence-electron chi connectivity index (χ1n) is 6.04. The van der Waals surface area contributed by atoms with Gasteiger partial charge >= 0.3 is 5.76 Å². The highest BCUT2D eigenvalue weighted by molar-refractivity contribution is 7.15. The summed E-state index contributed by atoms with van der Waals surface area (Å²) in [5, 5.41) is 8.47. The molecule has 10 heteroatoms. The molecule has 3 rings (SSSR count). The summed E-state index contributed by atoms with van der Waals surface area (Å²) in [7, 11) is 0. The molecule has 1 aromatic carbocycles. The van der Waals surface area contributed by atoms with Crippen LogP contribution in [0.4, 0.5) is 13.9 Å². The zero-order valence-corrected chi connectivity index (χ0v) is 11.6. The maximum absolute atomic E-state index is 12.4. The fraction of sp³-hybridized carbons (Fsp3) is 0.167. The number of nitrogens with zero attached hydrogens (tertiary/aromatic N) is 3. The number of nitrogens with one attached hydrogen (secondary N) is 1. The molecule has 2 aromatic heterocycles. The van der Waals surface area contributed by atoms with E-state index < -0.39 is 23.1 Å². The highest BCUT2D eigenvalue weighted by Gasteiger charge is 2.17. The monoisotopic (exact) mass is 326 g/mol. The lowest BCUT2D eigenvalue weighted by molar-refractivity contribution is -0.116. The summed E-state index contributed by atoms with van der Waals surface area (Å²) in [6.07, 6.45) is -2.75. The van der Waals surface area contributed by atoms with E-state index in [1.165, 1.54) is 0 Å². The maximum Gasteiger partial charge on any atom is 0.420 e. The number of anilines is 1. The molecule has 0 radical (unpaired) electrons. The van der Waals surface area contributed by atoms with Crippen molar-refractivity contribution in [3.63, 3.8) is 0 Å². The van der Waals surface area contributed by atoms with Gasteiger partial charge in [-0.2, -0.15) is 0 Å². The Morgan fingerprint density at radius 1 is 1.36 bits per heavy atom. The van der Waals surface area contributed by atoms with Gasteiger partial charge in [0.15, 0.2) is 10.6 Å². The minimum atomic E-state index is -2.75. The van der Waals surface area contributed by atoms with Crippen molar-refractivity contribution >= 4 is 33.5 Å². The zero-order chi connectivity index (χ0) is 15.7. The van der Waals surface area contributed by atoms with Gasteiger partial charge in [0, 0.05) is 0 Å². The number of carbonyl (C=O) groups is 1. The lowest BCUT2D eigenvalue weighted by Gasteiger charge is -2.01. The van der Waals surface area contributed by atoms with Crippen molar-refractivity contribution in [1.29, 1.82) is 0 Å². The summed E-state index contributed by atoms with van der Waals surface area (Å²) in [6.45, 7) is -0.320. The van der Waals surface area contributed by atoms with Gasteiger partial charge in [-0.05, 0) is 12.1 Å². The zero-order valence-electron chi connectivity index (χ0n) is 10.8. The van der Waals surface area contributed by atoms with Crippen LogP contribution in [0.2, 0.25) is 0 Å². The first kappa shape index (κ1) is 14.3. The smallest absolute Gasteiger partial charge is 0.408 e. The third-order valence-electron chi connectivity index (χ3n) is 2.75. The van der Waals surface area contributed by atoms with Gasteiger partial charge in [0.1, 0.15) is 6.54 Å². The molecule has 0 aliphatic heterocycles. The molecule has 1 N–H and O–H groups in total. The van der Waals surface area contributed by atoms with Crippen LogP contribution in [0.1, 0.15) is 11.4 Å². The molecule has 0 aliphatic carbocycles. The van der Waals surface area contributed by atoms with E-state index in [0.29, 0.717) is 22.4 Å². The van der Waals surface area contributed by atoms with Crippen LogP contribution in [-0.2, 0) is 11.3 Å². The number of carbonyl (C=O) groups excluding carboxylic acids is 1. The minimum Gasteiger partial charge on any atom is -0.408 e. The van der Waals surface area contributed by atoms with E-state index in [1.54, 1.807) is 24.3 Å². The molecule has 0 atom stereocenters. The van der Waals surface area contributed by atoms with Gasteiger partial charge in [-0.1, -0.05) is 23.5 Å². The van der Waals surface area contributed by atoms with E-state index in [9.17, 15) is 18.4 Å². The highest BCUT2D eigenvalue weighted by atomic mass is 32.1. The molecule has 22 heavy (non-hydrogen) atoms. The number of hydrogen-bond acceptors (Lipinski definition) is 6. The van der Waals surface area contributed by atoms with Crippen molar-refractivity contribution in [3.8, 4) is 0 Å². The molecule has 3 aromatic rings. The third-order valence-corrected chi connectivity index (χ3v) is 3.60. The van der Waals surface area contributed by atoms with Gasteiger partial charge in [-0.15, -0.1) is 10.2 Å². The Morgan fingerprint density at radius 3 is 2.86 bits per heavy atom. The normalized spacial score (nSPS) is 11.2. The van der Waals surface area contributed by atoms with Crippen LogP contribution < -0.4 is 11.1 Å². The van der Waals surface area contributed by atoms with E-state index in [1.807, 2.05) is 0 Å². The van der Waals surface area contributed by atoms with Crippen molar-refractivity contribution in [2.45, 2.75) is 13.0 Å². The van der Waals surface area contributed by atoms with E-state index in [4.69, 9.17) is 4.42 Å². The quantitative estimate of drug-likeness (QED) is 0.792. The molecular weight excluding hydrogens is 318 g/mol. The van der Waals surface area contributed by atoms with Crippen molar-refractivity contribution in [2.24, 2.45) is 0 Å². The molecule has 0 fully saturated rings. The predicted molar refractivity (Wildman–Crippen MR) is 74.0 cm³/mol. The Hall–Kier alpha value is -2.62. The molecule has 2 heterocycles. The molecule has 0 spiro atoms. The van der Waals surface area contributed by atoms with Crippen LogP contribution in [0, 0.1) is 0 Å². The van der Waals surface area contributed by atoms with E-state index >= 15 is 0 Å². The largest absolute Gasteiger partial charge is 0.420 e. The van der Waals surface area contributed by atoms with Crippen molar-refractivity contribution < 1.29 is 18.0 Å². The van der Waals surface area contributed by atoms with Gasteiger partial charge in [-0.25, -0.2) is 13.6 Å². The van der Waals surface area contributed by atoms with Gasteiger partial charge in [0.2, 0.25) is 11.0 Å². The second kappa shape index (κ2) is 5.64. The summed E-state index contributed by atoms with van der Waals surface area (Å²) < 4.78 is 30.9. The SMILES string of the molecule is O=C(Cn1c(=O)oc2ccccc21)Nc1nnc(C(F)F)s1. The summed E-state index contributed by atoms with van der Waals surface area (Å²) in [5.41, 5.74) is 0.824. The Kier molecular flexibility index (Phi) is 3.67. The van der Waals surface area contributed by atoms with Crippen LogP contribution in [0.25, 0.3) is 11.1 Å². The molecule has 7 nitrogen and oxygen atoms in total. The Morgan fingerprint density at radius 2 is 2.14 bits per heavy atom. The molecule has 0 unspecified atom stereocenters. The minimum absolute atomic E-state index is 0.0545. The number of halogens is 2. The van der Waals surface area contributed by atoms with Gasteiger partial charge in [0.05, 0.1) is 5.52 Å². The number of benzene rings is 1. The Labute approximate surface area is 125 Å². The number of alkyl halides is 2. The number of hydrogen-bond donors (Lipinski definition) is 1. The lowest BCUT2D eigenvalue weighted by Crippen LogP contribution is -2.24. The maximum atomic E-state index is 12.4. The number of amides is 1. The molecule has 0 saturated heterocycles. The van der Waals surface area contributed by atoms with E-state index in [-0.39, 0.29) is 11.7 Å². The topological polar surface area (TPSA) is 90.0 Å². The Balaban J connectivity index is 1.78. The number of oxazole rings is 1. The first-order valence-corrected chi connectivity index (χ1v) is 6.86. The van der Waals surface area contributed by atoms with Gasteiger partial charge < -0.3 is 4.42 Å². The average molecular weight is 326 g/mol. The number of rotatable bonds is 4. The number of para-hydroxylation sites is 2. The van der Waals surface area contributed by atoms with Crippen molar-refractivity contribution in [3.05, 3.63) is 39.8 Å². The van der Waals surface area contributed by atoms with Crippen LogP contribution in [-0.4, -0.2) is 20.7 Å². The predicted octanol–water partition coefficient (Wildman–Crippen LogP) is 2.02. The van der Waals surface area contributed by atoms with E-state index in [2.05, 4.69) is 15.5 Å². The fourth-order valence-corrected chi connectivity index (χ4v) is 2.45. The first-order chi connectivity index (χ1) is 10.5. The van der Waals surface area contributed by atoms with E-state index in [0.717, 1.165) is 4.57 Å². The van der Waals surface area contributed by atoms with Crippen LogP contribution in [0.15, 0.2) is 33.5 Å². The summed E-state index contributed by atoms with van der Waals surface area (Å²) in [4.78, 5) is 23.6. The third kappa shape index (κ3) is 2.72. The fourth-order valence-electron chi connectivity index (χ4n) is 1.84. The molecule has 0 bridgehead atoms. The second-order valence-electron chi connectivity index (χ2n) is 4.22.